The number of benzene rings is 2. The van der Waals surface area contributed by atoms with Crippen molar-refractivity contribution < 1.29 is 32.0 Å². The number of methoxy groups -OCH3 is 1. The van der Waals surface area contributed by atoms with Crippen LogP contribution in [-0.4, -0.2) is 31.3 Å². The molecule has 10 atom stereocenters. The molecule has 1 heterocycles. The normalized spacial score (nSPS) is 33.0. The second kappa shape index (κ2) is 15.1. The number of hydrogen-bond donors (Lipinski definition) is 0. The molecule has 4 aliphatic carbocycles. The first-order chi connectivity index (χ1) is 25.2. The molecule has 0 saturated heterocycles. The van der Waals surface area contributed by atoms with E-state index < -0.39 is 8.24 Å². The van der Waals surface area contributed by atoms with E-state index in [9.17, 15) is 9.59 Å². The van der Waals surface area contributed by atoms with Crippen LogP contribution in [0.15, 0.2) is 44.8 Å². The van der Waals surface area contributed by atoms with Crippen molar-refractivity contribution in [1.29, 1.82) is 0 Å². The van der Waals surface area contributed by atoms with Gasteiger partial charge in [-0.25, -0.2) is 0 Å². The Morgan fingerprint density at radius 3 is 2.08 bits per heavy atom. The van der Waals surface area contributed by atoms with Crippen LogP contribution in [0.5, 0.6) is 0 Å². The number of carbonyl (C=O) groups is 2. The molecule has 0 unspecified atom stereocenters. The molecule has 0 radical (unpaired) electrons. The van der Waals surface area contributed by atoms with Crippen LogP contribution in [0.25, 0.3) is 21.9 Å². The summed E-state index contributed by atoms with van der Waals surface area (Å²) in [5.74, 6) is 3.42. The van der Waals surface area contributed by atoms with E-state index in [0.29, 0.717) is 53.8 Å². The third-order valence-electron chi connectivity index (χ3n) is 15.0. The topological polar surface area (TPSA) is 88.1 Å². The van der Waals surface area contributed by atoms with Crippen LogP contribution in [0.1, 0.15) is 143 Å². The highest BCUT2D eigenvalue weighted by atomic mass is 31.1. The lowest BCUT2D eigenvalue weighted by Crippen LogP contribution is -2.60. The van der Waals surface area contributed by atoms with Crippen molar-refractivity contribution in [3.63, 3.8) is 0 Å². The lowest BCUT2D eigenvalue weighted by Gasteiger charge is -2.62. The van der Waals surface area contributed by atoms with Crippen molar-refractivity contribution in [3.8, 4) is 0 Å². The molecule has 0 spiro atoms. The zero-order chi connectivity index (χ0) is 37.8. The van der Waals surface area contributed by atoms with Gasteiger partial charge >= 0.3 is 20.2 Å². The van der Waals surface area contributed by atoms with Crippen molar-refractivity contribution in [2.24, 2.45) is 46.3 Å². The summed E-state index contributed by atoms with van der Waals surface area (Å²) in [6.45, 7) is 17.9. The first-order valence-electron chi connectivity index (χ1n) is 20.6. The highest BCUT2D eigenvalue weighted by Crippen LogP contribution is 2.69. The summed E-state index contributed by atoms with van der Waals surface area (Å²) < 4.78 is 32.1. The van der Waals surface area contributed by atoms with Gasteiger partial charge in [-0.2, -0.15) is 0 Å². The van der Waals surface area contributed by atoms with Crippen LogP contribution in [-0.2, 0) is 19.1 Å². The molecule has 0 N–H and O–H groups in total. The van der Waals surface area contributed by atoms with E-state index >= 15 is 0 Å². The second-order valence-electron chi connectivity index (χ2n) is 18.4. The van der Waals surface area contributed by atoms with Gasteiger partial charge in [0.2, 0.25) is 0 Å². The number of esters is 2. The van der Waals surface area contributed by atoms with Gasteiger partial charge in [-0.3, -0.25) is 14.1 Å². The van der Waals surface area contributed by atoms with E-state index in [4.69, 9.17) is 22.4 Å². The number of fused-ring (bicyclic) bond motifs is 8. The Hall–Kier alpha value is -2.76. The highest BCUT2D eigenvalue weighted by molar-refractivity contribution is 7.31. The Morgan fingerprint density at radius 2 is 1.49 bits per heavy atom. The summed E-state index contributed by atoms with van der Waals surface area (Å²) in [6.07, 6.45) is 9.89. The molecule has 8 heteroatoms. The number of ether oxygens (including phenoxy) is 2. The minimum atomic E-state index is -1.77. The molecule has 7 rings (SSSR count). The zero-order valence-corrected chi connectivity index (χ0v) is 34.5. The molecule has 2 aromatic carbocycles. The predicted octanol–water partition coefficient (Wildman–Crippen LogP) is 12.1. The molecule has 290 valence electrons. The zero-order valence-electron chi connectivity index (χ0n) is 33.6. The van der Waals surface area contributed by atoms with Crippen molar-refractivity contribution in [3.05, 3.63) is 47.5 Å². The smallest absolute Gasteiger partial charge is 0.387 e. The van der Waals surface area contributed by atoms with Crippen LogP contribution in [0.2, 0.25) is 0 Å². The number of rotatable bonds is 9. The maximum atomic E-state index is 12.3. The van der Waals surface area contributed by atoms with Gasteiger partial charge in [0.1, 0.15) is 17.3 Å². The van der Waals surface area contributed by atoms with Gasteiger partial charge in [0, 0.05) is 29.5 Å². The third-order valence-corrected chi connectivity index (χ3v) is 16.1. The van der Waals surface area contributed by atoms with E-state index in [2.05, 4.69) is 84.9 Å². The van der Waals surface area contributed by atoms with Gasteiger partial charge in [-0.05, 0) is 146 Å². The maximum Gasteiger partial charge on any atom is 0.387 e. The fourth-order valence-electron chi connectivity index (χ4n) is 12.0. The standard InChI is InChI=1S/C45H63O7P/c1-26(2)30-11-17-40-35(22-30)36-23-31(27(3)4)12-18-41(36)51-53(50-40)52-42-25-39-34(14-13-32-24-33(49-29(6)46)20-21-44(32,39)7)38-16-15-37(45(38,42)8)28(5)10-19-43(47)48-9/h11-12,17-18,22-23,26-28,32-34,37-39,42H,10,13-16,19-21,24-25H2,1-9H3/t28-,32-,33-,34+,37-,38+,39+,42+,44+,45-/m1/s1. The minimum Gasteiger partial charge on any atom is -0.469 e. The predicted molar refractivity (Wildman–Crippen MR) is 211 cm³/mol. The Morgan fingerprint density at radius 1 is 0.849 bits per heavy atom. The average Bonchev–Trinajstić information content (AvgIpc) is 3.40. The molecule has 53 heavy (non-hydrogen) atoms. The van der Waals surface area contributed by atoms with Crippen LogP contribution >= 0.6 is 8.24 Å². The van der Waals surface area contributed by atoms with Gasteiger partial charge in [0.15, 0.2) is 0 Å². The summed E-state index contributed by atoms with van der Waals surface area (Å²) in [6, 6.07) is 13.2. The molecule has 0 aliphatic heterocycles. The fraction of sp³-hybridized carbons (Fsp3) is 0.689. The second-order valence-corrected chi connectivity index (χ2v) is 19.4. The first-order valence-corrected chi connectivity index (χ1v) is 21.7. The molecular weight excluding hydrogens is 683 g/mol. The Kier molecular flexibility index (Phi) is 10.9. The Balaban J connectivity index is 1.31. The summed E-state index contributed by atoms with van der Waals surface area (Å²) >= 11 is 0. The molecule has 7 nitrogen and oxygen atoms in total. The van der Waals surface area contributed by atoms with Gasteiger partial charge < -0.3 is 17.9 Å². The van der Waals surface area contributed by atoms with E-state index in [1.807, 2.05) is 0 Å². The van der Waals surface area contributed by atoms with E-state index in [0.717, 1.165) is 60.5 Å². The van der Waals surface area contributed by atoms with E-state index in [1.165, 1.54) is 37.5 Å². The monoisotopic (exact) mass is 746 g/mol. The van der Waals surface area contributed by atoms with E-state index in [-0.39, 0.29) is 35.0 Å². The van der Waals surface area contributed by atoms with Crippen LogP contribution in [0.4, 0.5) is 0 Å². The van der Waals surface area contributed by atoms with Crippen LogP contribution < -0.4 is 4.52 Å². The first kappa shape index (κ1) is 38.5. The van der Waals surface area contributed by atoms with Crippen molar-refractivity contribution in [1.82, 2.24) is 0 Å². The third kappa shape index (κ3) is 7.12. The van der Waals surface area contributed by atoms with Gasteiger partial charge in [-0.15, -0.1) is 0 Å². The lowest BCUT2D eigenvalue weighted by molar-refractivity contribution is -0.172. The molecule has 1 aromatic heterocycles. The minimum absolute atomic E-state index is 0.0263. The molecule has 3 aromatic rings. The van der Waals surface area contributed by atoms with Crippen LogP contribution in [0, 0.1) is 46.3 Å². The molecule has 0 bridgehead atoms. The van der Waals surface area contributed by atoms with E-state index in [1.54, 1.807) is 6.92 Å². The summed E-state index contributed by atoms with van der Waals surface area (Å²) in [7, 11) is -0.282. The van der Waals surface area contributed by atoms with Gasteiger partial charge in [0.05, 0.1) is 13.2 Å². The summed E-state index contributed by atoms with van der Waals surface area (Å²) in [4.78, 5) is 24.2. The molecule has 4 saturated carbocycles. The van der Waals surface area contributed by atoms with Crippen molar-refractivity contribution in [2.45, 2.75) is 144 Å². The summed E-state index contributed by atoms with van der Waals surface area (Å²) in [5.41, 5.74) is 4.25. The summed E-state index contributed by atoms with van der Waals surface area (Å²) in [5, 5.41) is 2.13. The SMILES string of the molecule is COC(=O)CC[C@@H](C)[C@H]1CC[C@H]2[C@@H]3CC[C@@H]4C[C@H](OC(C)=O)CC[C@]4(C)[C@H]3C[C@H](Op3oc4ccc(C(C)C)cc4c4cc(C(C)C)ccc4o3)[C@]12C. The molecular formula is C45H63O7P. The Labute approximate surface area is 317 Å². The van der Waals surface area contributed by atoms with Gasteiger partial charge in [-0.1, -0.05) is 60.6 Å². The average molecular weight is 747 g/mol. The fourth-order valence-corrected chi connectivity index (χ4v) is 13.3. The quantitative estimate of drug-likeness (QED) is 0.201. The van der Waals surface area contributed by atoms with Crippen LogP contribution in [0.3, 0.4) is 0 Å². The number of carbonyl (C=O) groups excluding carboxylic acids is 2. The van der Waals surface area contributed by atoms with Crippen molar-refractivity contribution in [2.75, 3.05) is 7.11 Å². The maximum absolute atomic E-state index is 12.3. The highest BCUT2D eigenvalue weighted by Gasteiger charge is 2.65. The lowest BCUT2D eigenvalue weighted by atomic mass is 9.43. The molecule has 0 amide bonds. The van der Waals surface area contributed by atoms with Crippen molar-refractivity contribution >= 4 is 42.1 Å². The molecule has 4 fully saturated rings. The largest absolute Gasteiger partial charge is 0.469 e. The molecule has 4 aliphatic rings. The van der Waals surface area contributed by atoms with Gasteiger partial charge in [0.25, 0.3) is 0 Å². The Bertz CT molecular complexity index is 1790. The number of hydrogen-bond acceptors (Lipinski definition) is 7.